The number of nitrogens with zero attached hydrogens (tertiary/aromatic N) is 1. The zero-order valence-corrected chi connectivity index (χ0v) is 13.5. The maximum atomic E-state index is 4.85. The van der Waals surface area contributed by atoms with E-state index in [9.17, 15) is 0 Å². The molecule has 108 valence electrons. The molecule has 2 heteroatoms. The molecule has 1 aliphatic rings. The molecule has 0 radical (unpaired) electrons. The lowest BCUT2D eigenvalue weighted by molar-refractivity contribution is 0.304. The second kappa shape index (κ2) is 5.30. The smallest absolute Gasteiger partial charge is 0.106 e. The highest BCUT2D eigenvalue weighted by Gasteiger charge is 2.25. The zero-order valence-electron chi connectivity index (χ0n) is 13.5. The first-order valence-corrected chi connectivity index (χ1v) is 7.81. The third kappa shape index (κ3) is 3.84. The third-order valence-corrected chi connectivity index (χ3v) is 4.43. The van der Waals surface area contributed by atoms with Crippen LogP contribution in [0.1, 0.15) is 65.2 Å². The molecule has 2 rings (SSSR count). The Morgan fingerprint density at radius 2 is 1.84 bits per heavy atom. The molecule has 0 saturated heterocycles. The number of fused-ring (bicyclic) bond motifs is 1. The van der Waals surface area contributed by atoms with Gasteiger partial charge < -0.3 is 4.98 Å². The van der Waals surface area contributed by atoms with Crippen molar-refractivity contribution in [3.8, 4) is 0 Å². The van der Waals surface area contributed by atoms with Crippen LogP contribution < -0.4 is 0 Å². The van der Waals surface area contributed by atoms with E-state index in [1.807, 2.05) is 0 Å². The molecule has 1 heterocycles. The van der Waals surface area contributed by atoms with E-state index in [-0.39, 0.29) is 0 Å². The van der Waals surface area contributed by atoms with E-state index >= 15 is 0 Å². The number of aromatic amines is 1. The molecule has 0 aliphatic heterocycles. The Morgan fingerprint density at radius 3 is 2.47 bits per heavy atom. The van der Waals surface area contributed by atoms with Gasteiger partial charge in [0.2, 0.25) is 0 Å². The summed E-state index contributed by atoms with van der Waals surface area (Å²) >= 11 is 0. The molecule has 0 spiro atoms. The molecule has 0 aromatic carbocycles. The van der Waals surface area contributed by atoms with Gasteiger partial charge in [0.25, 0.3) is 0 Å². The van der Waals surface area contributed by atoms with Gasteiger partial charge in [-0.05, 0) is 42.4 Å². The first-order chi connectivity index (χ1) is 8.74. The molecule has 1 N–H and O–H groups in total. The summed E-state index contributed by atoms with van der Waals surface area (Å²) in [6.45, 7) is 14.0. The summed E-state index contributed by atoms with van der Waals surface area (Å²) in [6.07, 6.45) is 4.68. The lowest BCUT2D eigenvalue weighted by atomic mass is 9.82. The van der Waals surface area contributed by atoms with Crippen molar-refractivity contribution in [3.05, 3.63) is 17.2 Å². The zero-order chi connectivity index (χ0) is 14.2. The molecule has 3 unspecified atom stereocenters. The summed E-state index contributed by atoms with van der Waals surface area (Å²) < 4.78 is 0. The molecule has 3 atom stereocenters. The van der Waals surface area contributed by atoms with E-state index in [1.165, 1.54) is 30.1 Å². The fraction of sp³-hybridized carbons (Fsp3) is 0.824. The Hall–Kier alpha value is -0.790. The normalized spacial score (nSPS) is 25.2. The van der Waals surface area contributed by atoms with Crippen molar-refractivity contribution in [1.29, 1.82) is 0 Å². The Labute approximate surface area is 118 Å². The van der Waals surface area contributed by atoms with Gasteiger partial charge >= 0.3 is 0 Å². The van der Waals surface area contributed by atoms with Crippen LogP contribution in [0.5, 0.6) is 0 Å². The average molecular weight is 262 g/mol. The van der Waals surface area contributed by atoms with Gasteiger partial charge in [0.05, 0.1) is 5.69 Å². The molecule has 0 amide bonds. The van der Waals surface area contributed by atoms with E-state index < -0.39 is 0 Å². The lowest BCUT2D eigenvalue weighted by Gasteiger charge is -2.24. The van der Waals surface area contributed by atoms with E-state index in [2.05, 4.69) is 46.5 Å². The lowest BCUT2D eigenvalue weighted by Crippen LogP contribution is -2.20. The SMILES string of the molecule is CC(Cc1nc2c([nH]1)CC(C)C(C)C2)CC(C)(C)C. The van der Waals surface area contributed by atoms with E-state index in [0.717, 1.165) is 24.7 Å². The van der Waals surface area contributed by atoms with Gasteiger partial charge in [-0.3, -0.25) is 0 Å². The average Bonchev–Trinajstić information content (AvgIpc) is 2.56. The predicted molar refractivity (Wildman–Crippen MR) is 81.3 cm³/mol. The molecule has 1 aliphatic carbocycles. The van der Waals surface area contributed by atoms with Crippen molar-refractivity contribution in [2.24, 2.45) is 23.2 Å². The van der Waals surface area contributed by atoms with Gasteiger partial charge in [-0.2, -0.15) is 0 Å². The Bertz CT molecular complexity index is 397. The van der Waals surface area contributed by atoms with Crippen molar-refractivity contribution in [1.82, 2.24) is 9.97 Å². The minimum atomic E-state index is 0.411. The van der Waals surface area contributed by atoms with Crippen LogP contribution in [0.2, 0.25) is 0 Å². The van der Waals surface area contributed by atoms with Crippen molar-refractivity contribution in [2.45, 2.75) is 67.2 Å². The quantitative estimate of drug-likeness (QED) is 0.859. The highest BCUT2D eigenvalue weighted by Crippen LogP contribution is 2.30. The van der Waals surface area contributed by atoms with Gasteiger partial charge in [0, 0.05) is 12.1 Å². The van der Waals surface area contributed by atoms with E-state index in [0.29, 0.717) is 11.3 Å². The summed E-state index contributed by atoms with van der Waals surface area (Å²) in [4.78, 5) is 8.44. The summed E-state index contributed by atoms with van der Waals surface area (Å²) in [7, 11) is 0. The Kier molecular flexibility index (Phi) is 4.08. The number of nitrogens with one attached hydrogen (secondary N) is 1. The first-order valence-electron chi connectivity index (χ1n) is 7.81. The molecule has 19 heavy (non-hydrogen) atoms. The van der Waals surface area contributed by atoms with Crippen molar-refractivity contribution in [3.63, 3.8) is 0 Å². The maximum Gasteiger partial charge on any atom is 0.106 e. The fourth-order valence-electron chi connectivity index (χ4n) is 3.42. The van der Waals surface area contributed by atoms with Gasteiger partial charge in [-0.15, -0.1) is 0 Å². The molecule has 0 bridgehead atoms. The fourth-order valence-corrected chi connectivity index (χ4v) is 3.42. The molecule has 2 nitrogen and oxygen atoms in total. The van der Waals surface area contributed by atoms with Crippen molar-refractivity contribution >= 4 is 0 Å². The monoisotopic (exact) mass is 262 g/mol. The van der Waals surface area contributed by atoms with Gasteiger partial charge in [0.15, 0.2) is 0 Å². The second-order valence-corrected chi connectivity index (χ2v) is 8.05. The molecular weight excluding hydrogens is 232 g/mol. The van der Waals surface area contributed by atoms with E-state index in [1.54, 1.807) is 0 Å². The summed E-state index contributed by atoms with van der Waals surface area (Å²) in [5, 5.41) is 0. The number of imidazole rings is 1. The highest BCUT2D eigenvalue weighted by molar-refractivity contribution is 5.19. The molecule has 0 saturated carbocycles. The molecular formula is C17H30N2. The number of hydrogen-bond donors (Lipinski definition) is 1. The van der Waals surface area contributed by atoms with Crippen molar-refractivity contribution < 1.29 is 0 Å². The minimum Gasteiger partial charge on any atom is -0.346 e. The van der Waals surface area contributed by atoms with Crippen LogP contribution in [0.4, 0.5) is 0 Å². The standard InChI is InChI=1S/C17H30N2/c1-11(10-17(4,5)6)7-16-18-14-8-12(2)13(3)9-15(14)19-16/h11-13H,7-10H2,1-6H3,(H,18,19). The van der Waals surface area contributed by atoms with E-state index in [4.69, 9.17) is 4.98 Å². The molecule has 0 fully saturated rings. The Balaban J connectivity index is 2.02. The third-order valence-electron chi connectivity index (χ3n) is 4.43. The largest absolute Gasteiger partial charge is 0.346 e. The van der Waals surface area contributed by atoms with Gasteiger partial charge in [-0.25, -0.2) is 4.98 Å². The predicted octanol–water partition coefficient (Wildman–Crippen LogP) is 4.40. The number of rotatable bonds is 3. The summed E-state index contributed by atoms with van der Waals surface area (Å²) in [5.41, 5.74) is 3.15. The number of aromatic nitrogens is 2. The van der Waals surface area contributed by atoms with Gasteiger partial charge in [-0.1, -0.05) is 41.5 Å². The topological polar surface area (TPSA) is 28.7 Å². The summed E-state index contributed by atoms with van der Waals surface area (Å²) in [6, 6.07) is 0. The highest BCUT2D eigenvalue weighted by atomic mass is 14.9. The van der Waals surface area contributed by atoms with Crippen LogP contribution in [0.3, 0.4) is 0 Å². The molecule has 1 aromatic heterocycles. The maximum absolute atomic E-state index is 4.85. The summed E-state index contributed by atoms with van der Waals surface area (Å²) in [5.74, 6) is 3.47. The van der Waals surface area contributed by atoms with Crippen LogP contribution in [0, 0.1) is 23.2 Å². The van der Waals surface area contributed by atoms with Crippen LogP contribution in [0.25, 0.3) is 0 Å². The minimum absolute atomic E-state index is 0.411. The van der Waals surface area contributed by atoms with Crippen molar-refractivity contribution in [2.75, 3.05) is 0 Å². The second-order valence-electron chi connectivity index (χ2n) is 8.05. The Morgan fingerprint density at radius 1 is 1.21 bits per heavy atom. The first kappa shape index (κ1) is 14.6. The molecule has 1 aromatic rings. The van der Waals surface area contributed by atoms with Gasteiger partial charge in [0.1, 0.15) is 5.82 Å². The van der Waals surface area contributed by atoms with Crippen LogP contribution >= 0.6 is 0 Å². The van der Waals surface area contributed by atoms with Crippen LogP contribution in [-0.4, -0.2) is 9.97 Å². The van der Waals surface area contributed by atoms with Crippen LogP contribution in [0.15, 0.2) is 0 Å². The number of hydrogen-bond acceptors (Lipinski definition) is 1. The van der Waals surface area contributed by atoms with Crippen LogP contribution in [-0.2, 0) is 19.3 Å². The number of H-pyrrole nitrogens is 1.